The van der Waals surface area contributed by atoms with E-state index in [-0.39, 0.29) is 5.91 Å². The molecule has 2 nitrogen and oxygen atoms in total. The van der Waals surface area contributed by atoms with Crippen LogP contribution in [0.5, 0.6) is 0 Å². The zero-order valence-corrected chi connectivity index (χ0v) is 12.9. The summed E-state index contributed by atoms with van der Waals surface area (Å²) in [6.45, 7) is 1.96. The molecule has 4 heteroatoms. The predicted octanol–water partition coefficient (Wildman–Crippen LogP) is 4.77. The van der Waals surface area contributed by atoms with Crippen molar-refractivity contribution in [2.75, 3.05) is 5.32 Å². The van der Waals surface area contributed by atoms with Gasteiger partial charge in [0.1, 0.15) is 0 Å². The molecule has 0 aromatic heterocycles. The zero-order valence-electron chi connectivity index (χ0n) is 9.71. The van der Waals surface area contributed by atoms with Crippen LogP contribution in [0, 0.1) is 6.92 Å². The van der Waals surface area contributed by atoms with Crippen molar-refractivity contribution in [3.63, 3.8) is 0 Å². The maximum Gasteiger partial charge on any atom is 0.255 e. The highest BCUT2D eigenvalue weighted by Gasteiger charge is 2.09. The summed E-state index contributed by atoms with van der Waals surface area (Å²) in [5, 5.41) is 2.87. The van der Waals surface area contributed by atoms with Gasteiger partial charge in [-0.3, -0.25) is 4.79 Å². The van der Waals surface area contributed by atoms with Gasteiger partial charge in [0.2, 0.25) is 0 Å². The van der Waals surface area contributed by atoms with Gasteiger partial charge < -0.3 is 5.32 Å². The van der Waals surface area contributed by atoms with Gasteiger partial charge in [0.15, 0.2) is 0 Å². The van der Waals surface area contributed by atoms with Crippen LogP contribution in [-0.2, 0) is 0 Å². The highest BCUT2D eigenvalue weighted by atomic mass is 79.9. The molecule has 0 atom stereocenters. The quantitative estimate of drug-likeness (QED) is 0.812. The molecule has 2 rings (SSSR count). The molecule has 0 saturated carbocycles. The minimum Gasteiger partial charge on any atom is -0.321 e. The Kier molecular flexibility index (Phi) is 4.19. The molecule has 2 aromatic rings. The molecular formula is C14H11Br2NO. The van der Waals surface area contributed by atoms with Crippen molar-refractivity contribution in [1.29, 1.82) is 0 Å². The minimum atomic E-state index is -0.119. The van der Waals surface area contributed by atoms with Gasteiger partial charge >= 0.3 is 0 Å². The van der Waals surface area contributed by atoms with Crippen LogP contribution in [0.1, 0.15) is 15.9 Å². The Morgan fingerprint density at radius 2 is 1.83 bits per heavy atom. The third kappa shape index (κ3) is 3.21. The van der Waals surface area contributed by atoms with Crippen molar-refractivity contribution < 1.29 is 4.79 Å². The van der Waals surface area contributed by atoms with Crippen LogP contribution in [0.4, 0.5) is 5.69 Å². The Balaban J connectivity index is 2.25. The predicted molar refractivity (Wildman–Crippen MR) is 81.0 cm³/mol. The molecule has 1 N–H and O–H groups in total. The third-order valence-corrected chi connectivity index (χ3v) is 3.58. The Labute approximate surface area is 123 Å². The summed E-state index contributed by atoms with van der Waals surface area (Å²) in [5.74, 6) is -0.119. The molecule has 0 aliphatic heterocycles. The van der Waals surface area contributed by atoms with E-state index >= 15 is 0 Å². The molecule has 0 fully saturated rings. The fraction of sp³-hybridized carbons (Fsp3) is 0.0714. The number of nitrogens with one attached hydrogen (secondary N) is 1. The summed E-state index contributed by atoms with van der Waals surface area (Å²) in [6, 6.07) is 13.2. The van der Waals surface area contributed by atoms with Crippen molar-refractivity contribution in [3.05, 3.63) is 62.5 Å². The number of halogens is 2. The van der Waals surface area contributed by atoms with Gasteiger partial charge in [-0.15, -0.1) is 0 Å². The van der Waals surface area contributed by atoms with Crippen LogP contribution in [0.3, 0.4) is 0 Å². The van der Waals surface area contributed by atoms with E-state index in [1.54, 1.807) is 6.07 Å². The standard InChI is InChI=1S/C14H11Br2NO/c1-9-6-10(8-11(15)7-9)14(18)17-13-5-3-2-4-12(13)16/h2-8H,1H3,(H,17,18). The summed E-state index contributed by atoms with van der Waals surface area (Å²) in [5.41, 5.74) is 2.44. The summed E-state index contributed by atoms with van der Waals surface area (Å²) in [6.07, 6.45) is 0. The lowest BCUT2D eigenvalue weighted by molar-refractivity contribution is 0.102. The molecule has 0 bridgehead atoms. The molecule has 0 unspecified atom stereocenters. The van der Waals surface area contributed by atoms with E-state index in [1.165, 1.54) is 0 Å². The monoisotopic (exact) mass is 367 g/mol. The Bertz CT molecular complexity index is 576. The first kappa shape index (κ1) is 13.3. The molecule has 0 heterocycles. The number of anilines is 1. The molecule has 0 spiro atoms. The number of carbonyl (C=O) groups excluding carboxylic acids is 1. The van der Waals surface area contributed by atoms with E-state index in [4.69, 9.17) is 0 Å². The van der Waals surface area contributed by atoms with Gasteiger partial charge in [0.25, 0.3) is 5.91 Å². The van der Waals surface area contributed by atoms with E-state index in [0.29, 0.717) is 5.56 Å². The number of carbonyl (C=O) groups is 1. The Hall–Kier alpha value is -1.13. The highest BCUT2D eigenvalue weighted by molar-refractivity contribution is 9.10. The number of amides is 1. The van der Waals surface area contributed by atoms with Crippen molar-refractivity contribution in [2.24, 2.45) is 0 Å². The van der Waals surface area contributed by atoms with Crippen LogP contribution in [0.2, 0.25) is 0 Å². The number of aryl methyl sites for hydroxylation is 1. The number of benzene rings is 2. The Morgan fingerprint density at radius 1 is 1.11 bits per heavy atom. The summed E-state index contributed by atoms with van der Waals surface area (Å²) in [4.78, 5) is 12.1. The fourth-order valence-electron chi connectivity index (χ4n) is 1.62. The lowest BCUT2D eigenvalue weighted by Crippen LogP contribution is -2.12. The van der Waals surface area contributed by atoms with Crippen molar-refractivity contribution in [3.8, 4) is 0 Å². The number of rotatable bonds is 2. The van der Waals surface area contributed by atoms with E-state index in [9.17, 15) is 4.79 Å². The van der Waals surface area contributed by atoms with Crippen LogP contribution in [-0.4, -0.2) is 5.91 Å². The van der Waals surface area contributed by atoms with E-state index in [1.807, 2.05) is 43.3 Å². The average molecular weight is 369 g/mol. The van der Waals surface area contributed by atoms with Crippen LogP contribution < -0.4 is 5.32 Å². The van der Waals surface area contributed by atoms with Gasteiger partial charge in [-0.2, -0.15) is 0 Å². The second-order valence-electron chi connectivity index (χ2n) is 3.95. The molecule has 18 heavy (non-hydrogen) atoms. The Morgan fingerprint density at radius 3 is 2.50 bits per heavy atom. The SMILES string of the molecule is Cc1cc(Br)cc(C(=O)Nc2ccccc2Br)c1. The maximum absolute atomic E-state index is 12.1. The third-order valence-electron chi connectivity index (χ3n) is 2.43. The topological polar surface area (TPSA) is 29.1 Å². The second kappa shape index (κ2) is 5.67. The van der Waals surface area contributed by atoms with Crippen LogP contribution >= 0.6 is 31.9 Å². The fourth-order valence-corrected chi connectivity index (χ4v) is 2.62. The maximum atomic E-state index is 12.1. The van der Waals surface area contributed by atoms with Crippen LogP contribution in [0.25, 0.3) is 0 Å². The lowest BCUT2D eigenvalue weighted by Gasteiger charge is -2.08. The normalized spacial score (nSPS) is 10.2. The number of hydrogen-bond acceptors (Lipinski definition) is 1. The molecule has 1 amide bonds. The molecular weight excluding hydrogens is 358 g/mol. The average Bonchev–Trinajstić information content (AvgIpc) is 2.31. The summed E-state index contributed by atoms with van der Waals surface area (Å²) < 4.78 is 1.77. The van der Waals surface area contributed by atoms with Gasteiger partial charge in [-0.1, -0.05) is 28.1 Å². The van der Waals surface area contributed by atoms with Crippen molar-refractivity contribution in [2.45, 2.75) is 6.92 Å². The smallest absolute Gasteiger partial charge is 0.255 e. The molecule has 0 aliphatic rings. The van der Waals surface area contributed by atoms with Gasteiger partial charge in [-0.25, -0.2) is 0 Å². The first-order valence-electron chi connectivity index (χ1n) is 5.39. The van der Waals surface area contributed by atoms with Gasteiger partial charge in [0.05, 0.1) is 5.69 Å². The zero-order chi connectivity index (χ0) is 13.1. The van der Waals surface area contributed by atoms with E-state index < -0.39 is 0 Å². The van der Waals surface area contributed by atoms with Gasteiger partial charge in [0, 0.05) is 14.5 Å². The number of para-hydroxylation sites is 1. The van der Waals surface area contributed by atoms with Gasteiger partial charge in [-0.05, 0) is 58.7 Å². The van der Waals surface area contributed by atoms with E-state index in [2.05, 4.69) is 37.2 Å². The number of hydrogen-bond donors (Lipinski definition) is 1. The molecule has 92 valence electrons. The highest BCUT2D eigenvalue weighted by Crippen LogP contribution is 2.22. The lowest BCUT2D eigenvalue weighted by atomic mass is 10.1. The molecule has 0 saturated heterocycles. The van der Waals surface area contributed by atoms with E-state index in [0.717, 1.165) is 20.2 Å². The molecule has 0 radical (unpaired) electrons. The summed E-state index contributed by atoms with van der Waals surface area (Å²) in [7, 11) is 0. The van der Waals surface area contributed by atoms with Crippen molar-refractivity contribution in [1.82, 2.24) is 0 Å². The molecule has 2 aromatic carbocycles. The van der Waals surface area contributed by atoms with Crippen LogP contribution in [0.15, 0.2) is 51.4 Å². The second-order valence-corrected chi connectivity index (χ2v) is 5.72. The first-order valence-corrected chi connectivity index (χ1v) is 6.98. The first-order chi connectivity index (χ1) is 8.56. The largest absolute Gasteiger partial charge is 0.321 e. The molecule has 0 aliphatic carbocycles. The summed E-state index contributed by atoms with van der Waals surface area (Å²) >= 11 is 6.79. The minimum absolute atomic E-state index is 0.119. The van der Waals surface area contributed by atoms with Crippen molar-refractivity contribution >= 4 is 43.5 Å².